The van der Waals surface area contributed by atoms with Crippen LogP contribution in [-0.4, -0.2) is 38.2 Å². The summed E-state index contributed by atoms with van der Waals surface area (Å²) in [5, 5.41) is 2.59. The van der Waals surface area contributed by atoms with E-state index in [4.69, 9.17) is 20.9 Å². The van der Waals surface area contributed by atoms with Gasteiger partial charge in [-0.2, -0.15) is 0 Å². The molecule has 7 nitrogen and oxygen atoms in total. The minimum Gasteiger partial charge on any atom is -0.484 e. The largest absolute Gasteiger partial charge is 0.484 e. The fourth-order valence-electron chi connectivity index (χ4n) is 1.36. The Morgan fingerprint density at radius 2 is 1.85 bits per heavy atom. The molecule has 1 rings (SSSR count). The fourth-order valence-corrected chi connectivity index (χ4v) is 1.36. The Morgan fingerprint density at radius 1 is 1.15 bits per heavy atom. The molecule has 0 atom stereocenters. The number of ether oxygens (including phenoxy) is 2. The molecular formula is C13H19N3O4. The summed E-state index contributed by atoms with van der Waals surface area (Å²) in [6, 6.07) is 7.19. The SMILES string of the molecule is NCc1ccc(OCC(=O)NCCOCC(N)=O)cc1. The topological polar surface area (TPSA) is 117 Å². The van der Waals surface area contributed by atoms with Gasteiger partial charge in [-0.3, -0.25) is 9.59 Å². The van der Waals surface area contributed by atoms with E-state index in [-0.39, 0.29) is 25.7 Å². The molecule has 0 saturated carbocycles. The second-order valence-electron chi connectivity index (χ2n) is 4.01. The van der Waals surface area contributed by atoms with Gasteiger partial charge in [0.05, 0.1) is 6.61 Å². The number of hydrogen-bond donors (Lipinski definition) is 3. The quantitative estimate of drug-likeness (QED) is 0.509. The standard InChI is InChI=1S/C13H19N3O4/c14-7-10-1-3-11(4-2-10)20-9-13(18)16-5-6-19-8-12(15)17/h1-4H,5-9,14H2,(H2,15,17)(H,16,18). The lowest BCUT2D eigenvalue weighted by Gasteiger charge is -2.08. The van der Waals surface area contributed by atoms with Gasteiger partial charge in [0.25, 0.3) is 5.91 Å². The van der Waals surface area contributed by atoms with Crippen molar-refractivity contribution >= 4 is 11.8 Å². The number of rotatable bonds is 9. The third kappa shape index (κ3) is 6.72. The fraction of sp³-hybridized carbons (Fsp3) is 0.385. The zero-order valence-electron chi connectivity index (χ0n) is 11.1. The predicted octanol–water partition coefficient (Wildman–Crippen LogP) is -0.858. The van der Waals surface area contributed by atoms with E-state index in [0.29, 0.717) is 18.8 Å². The molecule has 1 aromatic carbocycles. The zero-order valence-corrected chi connectivity index (χ0v) is 11.1. The van der Waals surface area contributed by atoms with Gasteiger partial charge in [-0.15, -0.1) is 0 Å². The maximum atomic E-state index is 11.4. The molecule has 0 bridgehead atoms. The summed E-state index contributed by atoms with van der Waals surface area (Å²) >= 11 is 0. The van der Waals surface area contributed by atoms with Gasteiger partial charge in [0.15, 0.2) is 6.61 Å². The lowest BCUT2D eigenvalue weighted by Crippen LogP contribution is -2.32. The summed E-state index contributed by atoms with van der Waals surface area (Å²) in [7, 11) is 0. The van der Waals surface area contributed by atoms with Gasteiger partial charge in [0.2, 0.25) is 5.91 Å². The van der Waals surface area contributed by atoms with E-state index in [9.17, 15) is 9.59 Å². The van der Waals surface area contributed by atoms with Gasteiger partial charge in [-0.1, -0.05) is 12.1 Å². The van der Waals surface area contributed by atoms with Crippen molar-refractivity contribution in [2.24, 2.45) is 11.5 Å². The normalized spacial score (nSPS) is 10.1. The molecule has 1 aromatic rings. The monoisotopic (exact) mass is 281 g/mol. The molecule has 7 heteroatoms. The van der Waals surface area contributed by atoms with Crippen LogP contribution in [0.3, 0.4) is 0 Å². The number of carbonyl (C=O) groups excluding carboxylic acids is 2. The third-order valence-corrected chi connectivity index (χ3v) is 2.34. The zero-order chi connectivity index (χ0) is 14.8. The van der Waals surface area contributed by atoms with Gasteiger partial charge < -0.3 is 26.3 Å². The molecule has 0 spiro atoms. The molecule has 0 fully saturated rings. The van der Waals surface area contributed by atoms with Crippen molar-refractivity contribution in [2.45, 2.75) is 6.54 Å². The maximum absolute atomic E-state index is 11.4. The molecule has 0 aliphatic rings. The number of primary amides is 1. The lowest BCUT2D eigenvalue weighted by atomic mass is 10.2. The van der Waals surface area contributed by atoms with Crippen LogP contribution in [0, 0.1) is 0 Å². The Labute approximate surface area is 117 Å². The van der Waals surface area contributed by atoms with Gasteiger partial charge in [0, 0.05) is 13.1 Å². The van der Waals surface area contributed by atoms with E-state index in [0.717, 1.165) is 5.56 Å². The van der Waals surface area contributed by atoms with Crippen molar-refractivity contribution in [3.8, 4) is 5.75 Å². The first-order valence-electron chi connectivity index (χ1n) is 6.16. The molecule has 0 radical (unpaired) electrons. The van der Waals surface area contributed by atoms with E-state index in [2.05, 4.69) is 5.32 Å². The Morgan fingerprint density at radius 3 is 2.45 bits per heavy atom. The molecule has 0 saturated heterocycles. The average Bonchev–Trinajstić information content (AvgIpc) is 2.45. The van der Waals surface area contributed by atoms with Gasteiger partial charge in [-0.05, 0) is 17.7 Å². The van der Waals surface area contributed by atoms with Crippen LogP contribution in [0.25, 0.3) is 0 Å². The second-order valence-corrected chi connectivity index (χ2v) is 4.01. The van der Waals surface area contributed by atoms with Gasteiger partial charge in [-0.25, -0.2) is 0 Å². The van der Waals surface area contributed by atoms with E-state index in [1.165, 1.54) is 0 Å². The number of hydrogen-bond acceptors (Lipinski definition) is 5. The first-order chi connectivity index (χ1) is 9.61. The second kappa shape index (κ2) is 8.89. The molecular weight excluding hydrogens is 262 g/mol. The average molecular weight is 281 g/mol. The molecule has 0 aliphatic heterocycles. The summed E-state index contributed by atoms with van der Waals surface area (Å²) in [4.78, 5) is 21.8. The summed E-state index contributed by atoms with van der Waals surface area (Å²) in [5.41, 5.74) is 11.4. The summed E-state index contributed by atoms with van der Waals surface area (Å²) in [6.07, 6.45) is 0. The van der Waals surface area contributed by atoms with Crippen molar-refractivity contribution in [1.82, 2.24) is 5.32 Å². The van der Waals surface area contributed by atoms with Crippen LogP contribution in [0.5, 0.6) is 5.75 Å². The van der Waals surface area contributed by atoms with Crippen molar-refractivity contribution in [3.05, 3.63) is 29.8 Å². The molecule has 0 aliphatic carbocycles. The molecule has 110 valence electrons. The minimum absolute atomic E-state index is 0.0855. The van der Waals surface area contributed by atoms with E-state index < -0.39 is 5.91 Å². The number of amides is 2. The lowest BCUT2D eigenvalue weighted by molar-refractivity contribution is -0.123. The van der Waals surface area contributed by atoms with Crippen molar-refractivity contribution in [3.63, 3.8) is 0 Å². The van der Waals surface area contributed by atoms with Crippen LogP contribution >= 0.6 is 0 Å². The smallest absolute Gasteiger partial charge is 0.258 e. The summed E-state index contributed by atoms with van der Waals surface area (Å²) in [6.45, 7) is 0.741. The number of nitrogens with two attached hydrogens (primary N) is 2. The number of carbonyl (C=O) groups is 2. The molecule has 0 unspecified atom stereocenters. The molecule has 0 aromatic heterocycles. The third-order valence-electron chi connectivity index (χ3n) is 2.34. The number of nitrogens with one attached hydrogen (secondary N) is 1. The minimum atomic E-state index is -0.541. The Kier molecular flexibility index (Phi) is 7.08. The first-order valence-corrected chi connectivity index (χ1v) is 6.16. The highest BCUT2D eigenvalue weighted by Gasteiger charge is 2.02. The molecule has 5 N–H and O–H groups in total. The maximum Gasteiger partial charge on any atom is 0.258 e. The summed E-state index contributed by atoms with van der Waals surface area (Å²) in [5.74, 6) is -0.210. The van der Waals surface area contributed by atoms with Gasteiger partial charge >= 0.3 is 0 Å². The van der Waals surface area contributed by atoms with Crippen molar-refractivity contribution in [2.75, 3.05) is 26.4 Å². The van der Waals surface area contributed by atoms with E-state index >= 15 is 0 Å². The van der Waals surface area contributed by atoms with Crippen LogP contribution in [0.2, 0.25) is 0 Å². The first kappa shape index (κ1) is 15.9. The summed E-state index contributed by atoms with van der Waals surface area (Å²) < 4.78 is 10.2. The van der Waals surface area contributed by atoms with Crippen LogP contribution < -0.4 is 21.5 Å². The van der Waals surface area contributed by atoms with E-state index in [1.54, 1.807) is 12.1 Å². The van der Waals surface area contributed by atoms with Crippen LogP contribution in [0.1, 0.15) is 5.56 Å². The Bertz CT molecular complexity index is 434. The highest BCUT2D eigenvalue weighted by atomic mass is 16.5. The van der Waals surface area contributed by atoms with Crippen LogP contribution in [-0.2, 0) is 20.9 Å². The number of benzene rings is 1. The van der Waals surface area contributed by atoms with Crippen LogP contribution in [0.15, 0.2) is 24.3 Å². The van der Waals surface area contributed by atoms with E-state index in [1.807, 2.05) is 12.1 Å². The predicted molar refractivity (Wildman–Crippen MR) is 72.9 cm³/mol. The van der Waals surface area contributed by atoms with Crippen molar-refractivity contribution in [1.29, 1.82) is 0 Å². The highest BCUT2D eigenvalue weighted by Crippen LogP contribution is 2.11. The molecule has 2 amide bonds. The van der Waals surface area contributed by atoms with Crippen molar-refractivity contribution < 1.29 is 19.1 Å². The Balaban J connectivity index is 2.14. The van der Waals surface area contributed by atoms with Crippen LogP contribution in [0.4, 0.5) is 0 Å². The molecule has 0 heterocycles. The van der Waals surface area contributed by atoms with Gasteiger partial charge in [0.1, 0.15) is 12.4 Å². The highest BCUT2D eigenvalue weighted by molar-refractivity contribution is 5.77. The Hall–Kier alpha value is -2.12. The molecule has 20 heavy (non-hydrogen) atoms.